The highest BCUT2D eigenvalue weighted by Gasteiger charge is 2.22. The van der Waals surface area contributed by atoms with Gasteiger partial charge in [-0.3, -0.25) is 14.4 Å². The van der Waals surface area contributed by atoms with E-state index in [9.17, 15) is 14.4 Å². The standard InChI is InChI=1S/C22H25N7O4/c1-14-16(13-23-29(14)19-6-7-20(30)26-25-19)21(31)24-17-12-15(4-5-18(17)33-3)22(32)28-10-8-27(2)9-11-28/h4-7,12-13H,8-11H2,1-3H3,(H,24,31)(H,26,30). The normalized spacial score (nSPS) is 14.2. The molecule has 3 heterocycles. The zero-order chi connectivity index (χ0) is 23.5. The molecule has 3 aromatic rings. The predicted octanol–water partition coefficient (Wildman–Crippen LogP) is 0.913. The van der Waals surface area contributed by atoms with Crippen molar-refractivity contribution in [3.8, 4) is 11.6 Å². The number of methoxy groups -OCH3 is 1. The topological polar surface area (TPSA) is 125 Å². The predicted molar refractivity (Wildman–Crippen MR) is 121 cm³/mol. The van der Waals surface area contributed by atoms with Crippen LogP contribution >= 0.6 is 0 Å². The highest BCUT2D eigenvalue weighted by atomic mass is 16.5. The fourth-order valence-corrected chi connectivity index (χ4v) is 3.64. The van der Waals surface area contributed by atoms with Gasteiger partial charge in [-0.05, 0) is 38.2 Å². The van der Waals surface area contributed by atoms with Crippen LogP contribution in [-0.2, 0) is 0 Å². The third kappa shape index (κ3) is 4.62. The van der Waals surface area contributed by atoms with Crippen molar-refractivity contribution in [1.82, 2.24) is 29.8 Å². The first-order valence-electron chi connectivity index (χ1n) is 10.5. The highest BCUT2D eigenvalue weighted by molar-refractivity contribution is 6.06. The van der Waals surface area contributed by atoms with Gasteiger partial charge in [-0.2, -0.15) is 10.2 Å². The average molecular weight is 451 g/mol. The number of aromatic amines is 1. The lowest BCUT2D eigenvalue weighted by Gasteiger charge is -2.32. The lowest BCUT2D eigenvalue weighted by atomic mass is 10.1. The zero-order valence-corrected chi connectivity index (χ0v) is 18.7. The number of H-pyrrole nitrogens is 1. The van der Waals surface area contributed by atoms with Gasteiger partial charge in [-0.15, -0.1) is 0 Å². The molecule has 1 aromatic carbocycles. The summed E-state index contributed by atoms with van der Waals surface area (Å²) in [5.74, 6) is 0.314. The van der Waals surface area contributed by atoms with E-state index in [0.29, 0.717) is 47.2 Å². The first kappa shape index (κ1) is 22.2. The molecule has 1 saturated heterocycles. The van der Waals surface area contributed by atoms with Gasteiger partial charge in [0, 0.05) is 37.8 Å². The Hall–Kier alpha value is -3.99. The maximum atomic E-state index is 13.0. The number of rotatable bonds is 5. The number of nitrogens with zero attached hydrogens (tertiary/aromatic N) is 5. The van der Waals surface area contributed by atoms with Gasteiger partial charge in [0.1, 0.15) is 5.75 Å². The number of piperazine rings is 1. The average Bonchev–Trinajstić information content (AvgIpc) is 3.21. The molecule has 2 N–H and O–H groups in total. The molecule has 1 fully saturated rings. The monoisotopic (exact) mass is 451 g/mol. The fraction of sp³-hybridized carbons (Fsp3) is 0.318. The summed E-state index contributed by atoms with van der Waals surface area (Å²) in [4.78, 5) is 41.2. The van der Waals surface area contributed by atoms with E-state index in [1.165, 1.54) is 30.1 Å². The molecule has 1 aliphatic heterocycles. The minimum absolute atomic E-state index is 0.0885. The molecule has 2 amide bonds. The molecule has 33 heavy (non-hydrogen) atoms. The van der Waals surface area contributed by atoms with Gasteiger partial charge in [-0.1, -0.05) is 0 Å². The SMILES string of the molecule is COc1ccc(C(=O)N2CCN(C)CC2)cc1NC(=O)c1cnn(-c2ccc(=O)[nH]n2)c1C. The number of likely N-dealkylation sites (N-methyl/N-ethyl adjacent to an activating group) is 1. The van der Waals surface area contributed by atoms with Crippen LogP contribution in [0.3, 0.4) is 0 Å². The molecule has 172 valence electrons. The van der Waals surface area contributed by atoms with Crippen LogP contribution < -0.4 is 15.6 Å². The second-order valence-corrected chi connectivity index (χ2v) is 7.80. The molecule has 0 saturated carbocycles. The Labute approximate surface area is 190 Å². The smallest absolute Gasteiger partial charge is 0.264 e. The lowest BCUT2D eigenvalue weighted by Crippen LogP contribution is -2.47. The summed E-state index contributed by atoms with van der Waals surface area (Å²) in [7, 11) is 3.53. The van der Waals surface area contributed by atoms with Gasteiger partial charge in [0.2, 0.25) is 0 Å². The van der Waals surface area contributed by atoms with Crippen LogP contribution in [0, 0.1) is 6.92 Å². The molecule has 0 atom stereocenters. The summed E-state index contributed by atoms with van der Waals surface area (Å²) in [6.45, 7) is 4.66. The number of aromatic nitrogens is 4. The Bertz CT molecular complexity index is 1220. The molecule has 0 unspecified atom stereocenters. The molecule has 11 nitrogen and oxygen atoms in total. The Morgan fingerprint density at radius 3 is 2.55 bits per heavy atom. The highest BCUT2D eigenvalue weighted by Crippen LogP contribution is 2.27. The first-order valence-corrected chi connectivity index (χ1v) is 10.5. The third-order valence-corrected chi connectivity index (χ3v) is 5.62. The molecule has 11 heteroatoms. The van der Waals surface area contributed by atoms with E-state index >= 15 is 0 Å². The van der Waals surface area contributed by atoms with E-state index in [1.54, 1.807) is 30.0 Å². The van der Waals surface area contributed by atoms with Crippen LogP contribution in [0.1, 0.15) is 26.4 Å². The molecular weight excluding hydrogens is 426 g/mol. The molecule has 4 rings (SSSR count). The van der Waals surface area contributed by atoms with E-state index in [1.807, 2.05) is 7.05 Å². The molecule has 0 aliphatic carbocycles. The van der Waals surface area contributed by atoms with Crippen molar-refractivity contribution in [3.63, 3.8) is 0 Å². The number of nitrogens with one attached hydrogen (secondary N) is 2. The Morgan fingerprint density at radius 1 is 1.12 bits per heavy atom. The number of ether oxygens (including phenoxy) is 1. The maximum absolute atomic E-state index is 13.0. The first-order chi connectivity index (χ1) is 15.9. The molecular formula is C22H25N7O4. The van der Waals surface area contributed by atoms with Crippen molar-refractivity contribution in [2.75, 3.05) is 45.7 Å². The summed E-state index contributed by atoms with van der Waals surface area (Å²) < 4.78 is 6.84. The number of carbonyl (C=O) groups excluding carboxylic acids is 2. The van der Waals surface area contributed by atoms with Crippen molar-refractivity contribution >= 4 is 17.5 Å². The number of carbonyl (C=O) groups is 2. The van der Waals surface area contributed by atoms with Crippen LogP contribution in [0.25, 0.3) is 5.82 Å². The van der Waals surface area contributed by atoms with Gasteiger partial charge in [0.05, 0.1) is 30.3 Å². The van der Waals surface area contributed by atoms with Gasteiger partial charge < -0.3 is 19.9 Å². The summed E-state index contributed by atoms with van der Waals surface area (Å²) in [5, 5.41) is 13.3. The molecule has 0 spiro atoms. The molecule has 2 aromatic heterocycles. The molecule has 0 bridgehead atoms. The van der Waals surface area contributed by atoms with Gasteiger partial charge in [-0.25, -0.2) is 9.78 Å². The van der Waals surface area contributed by atoms with Crippen LogP contribution in [0.2, 0.25) is 0 Å². The lowest BCUT2D eigenvalue weighted by molar-refractivity contribution is 0.0664. The van der Waals surface area contributed by atoms with Gasteiger partial charge in [0.25, 0.3) is 17.4 Å². The number of amides is 2. The van der Waals surface area contributed by atoms with Crippen LogP contribution in [0.4, 0.5) is 5.69 Å². The summed E-state index contributed by atoms with van der Waals surface area (Å²) in [5.41, 5.74) is 1.38. The van der Waals surface area contributed by atoms with Crippen molar-refractivity contribution in [3.05, 3.63) is 63.7 Å². The van der Waals surface area contributed by atoms with Crippen molar-refractivity contribution in [1.29, 1.82) is 0 Å². The Kier molecular flexibility index (Phi) is 6.22. The van der Waals surface area contributed by atoms with Crippen molar-refractivity contribution < 1.29 is 14.3 Å². The van der Waals surface area contributed by atoms with Gasteiger partial charge in [0.15, 0.2) is 5.82 Å². The third-order valence-electron chi connectivity index (χ3n) is 5.62. The fourth-order valence-electron chi connectivity index (χ4n) is 3.64. The van der Waals surface area contributed by atoms with Crippen LogP contribution in [-0.4, -0.2) is 81.9 Å². The van der Waals surface area contributed by atoms with E-state index in [-0.39, 0.29) is 11.5 Å². The van der Waals surface area contributed by atoms with E-state index in [0.717, 1.165) is 13.1 Å². The molecule has 0 radical (unpaired) electrons. The quantitative estimate of drug-likeness (QED) is 0.591. The van der Waals surface area contributed by atoms with Crippen LogP contribution in [0.5, 0.6) is 5.75 Å². The second kappa shape index (κ2) is 9.25. The van der Waals surface area contributed by atoms with Crippen molar-refractivity contribution in [2.45, 2.75) is 6.92 Å². The number of hydrogen-bond acceptors (Lipinski definition) is 7. The zero-order valence-electron chi connectivity index (χ0n) is 18.7. The summed E-state index contributed by atoms with van der Waals surface area (Å²) in [6.07, 6.45) is 1.42. The van der Waals surface area contributed by atoms with E-state index in [4.69, 9.17) is 4.74 Å². The maximum Gasteiger partial charge on any atom is 0.264 e. The molecule has 1 aliphatic rings. The minimum atomic E-state index is -0.411. The minimum Gasteiger partial charge on any atom is -0.495 e. The Balaban J connectivity index is 1.56. The summed E-state index contributed by atoms with van der Waals surface area (Å²) >= 11 is 0. The number of benzene rings is 1. The largest absolute Gasteiger partial charge is 0.495 e. The Morgan fingerprint density at radius 2 is 1.88 bits per heavy atom. The van der Waals surface area contributed by atoms with Crippen LogP contribution in [0.15, 0.2) is 41.3 Å². The summed E-state index contributed by atoms with van der Waals surface area (Å²) in [6, 6.07) is 7.83. The second-order valence-electron chi connectivity index (χ2n) is 7.80. The van der Waals surface area contributed by atoms with E-state index in [2.05, 4.69) is 25.5 Å². The van der Waals surface area contributed by atoms with E-state index < -0.39 is 5.91 Å². The van der Waals surface area contributed by atoms with Gasteiger partial charge >= 0.3 is 0 Å². The number of anilines is 1. The number of hydrogen-bond donors (Lipinski definition) is 2. The van der Waals surface area contributed by atoms with Crippen molar-refractivity contribution in [2.24, 2.45) is 0 Å².